The van der Waals surface area contributed by atoms with Gasteiger partial charge in [-0.1, -0.05) is 108 Å². The fourth-order valence-corrected chi connectivity index (χ4v) is 5.78. The molecule has 142 valence electrons. The molecule has 0 N–H and O–H groups in total. The van der Waals surface area contributed by atoms with Crippen LogP contribution in [0.4, 0.5) is 0 Å². The molecular weight excluding hydrogens is 412 g/mol. The van der Waals surface area contributed by atoms with Crippen molar-refractivity contribution in [2.24, 2.45) is 0 Å². The molecule has 0 atom stereocenters. The van der Waals surface area contributed by atoms with Crippen LogP contribution in [0.1, 0.15) is 11.1 Å². The van der Waals surface area contributed by atoms with Crippen LogP contribution in [0.5, 0.6) is 0 Å². The zero-order chi connectivity index (χ0) is 19.5. The first-order valence-corrected chi connectivity index (χ1v) is 12.1. The zero-order valence-electron chi connectivity index (χ0n) is 15.6. The Morgan fingerprint density at radius 1 is 0.621 bits per heavy atom. The van der Waals surface area contributed by atoms with Crippen molar-refractivity contribution in [2.45, 2.75) is 21.0 Å². The van der Waals surface area contributed by atoms with E-state index < -0.39 is 0 Å². The SMILES string of the molecule is c1ccc2cc(CSc3nsc(SCc4ccc5ccccc5c4)n3)ccc2c1. The maximum atomic E-state index is 4.70. The van der Waals surface area contributed by atoms with Crippen molar-refractivity contribution in [1.82, 2.24) is 9.36 Å². The topological polar surface area (TPSA) is 25.8 Å². The molecule has 4 aromatic carbocycles. The summed E-state index contributed by atoms with van der Waals surface area (Å²) in [4.78, 5) is 4.70. The molecule has 0 radical (unpaired) electrons. The van der Waals surface area contributed by atoms with Gasteiger partial charge in [0.15, 0.2) is 4.34 Å². The minimum absolute atomic E-state index is 0.865. The van der Waals surface area contributed by atoms with Gasteiger partial charge in [0.2, 0.25) is 5.16 Å². The average molecular weight is 431 g/mol. The molecule has 5 heteroatoms. The second kappa shape index (κ2) is 8.57. The predicted octanol–water partition coefficient (Wildman–Crippen LogP) is 7.43. The van der Waals surface area contributed by atoms with Gasteiger partial charge in [0.1, 0.15) is 0 Å². The van der Waals surface area contributed by atoms with Crippen molar-refractivity contribution in [2.75, 3.05) is 0 Å². The molecule has 2 nitrogen and oxygen atoms in total. The Morgan fingerprint density at radius 3 is 1.79 bits per heavy atom. The first-order chi connectivity index (χ1) is 14.3. The molecule has 0 aliphatic heterocycles. The van der Waals surface area contributed by atoms with Crippen molar-refractivity contribution in [3.63, 3.8) is 0 Å². The van der Waals surface area contributed by atoms with Crippen molar-refractivity contribution in [3.05, 3.63) is 96.1 Å². The first-order valence-electron chi connectivity index (χ1n) is 9.38. The number of thioether (sulfide) groups is 2. The summed E-state index contributed by atoms with van der Waals surface area (Å²) < 4.78 is 5.56. The molecule has 0 unspecified atom stereocenters. The molecule has 29 heavy (non-hydrogen) atoms. The largest absolute Gasteiger partial charge is 0.203 e. The fourth-order valence-electron chi connectivity index (χ4n) is 3.26. The van der Waals surface area contributed by atoms with Crippen LogP contribution in [0.3, 0.4) is 0 Å². The molecule has 5 aromatic rings. The van der Waals surface area contributed by atoms with Gasteiger partial charge in [-0.3, -0.25) is 0 Å². The summed E-state index contributed by atoms with van der Waals surface area (Å²) in [5, 5.41) is 5.99. The van der Waals surface area contributed by atoms with Gasteiger partial charge >= 0.3 is 0 Å². The zero-order valence-corrected chi connectivity index (χ0v) is 18.1. The van der Waals surface area contributed by atoms with E-state index in [1.165, 1.54) is 44.2 Å². The highest BCUT2D eigenvalue weighted by Crippen LogP contribution is 2.30. The van der Waals surface area contributed by atoms with Gasteiger partial charge in [-0.05, 0) is 44.2 Å². The van der Waals surface area contributed by atoms with Crippen LogP contribution >= 0.6 is 35.1 Å². The van der Waals surface area contributed by atoms with Crippen molar-refractivity contribution >= 4 is 56.6 Å². The van der Waals surface area contributed by atoms with Crippen LogP contribution in [0.25, 0.3) is 21.5 Å². The monoisotopic (exact) mass is 430 g/mol. The van der Waals surface area contributed by atoms with E-state index in [2.05, 4.69) is 89.3 Å². The van der Waals surface area contributed by atoms with Crippen LogP contribution in [-0.4, -0.2) is 9.36 Å². The van der Waals surface area contributed by atoms with Crippen LogP contribution in [0, 0.1) is 0 Å². The Labute approximate surface area is 182 Å². The van der Waals surface area contributed by atoms with Crippen LogP contribution in [-0.2, 0) is 11.5 Å². The maximum Gasteiger partial charge on any atom is 0.201 e. The van der Waals surface area contributed by atoms with E-state index in [1.54, 1.807) is 23.5 Å². The van der Waals surface area contributed by atoms with Crippen LogP contribution in [0.2, 0.25) is 0 Å². The Hall–Kier alpha value is -2.34. The van der Waals surface area contributed by atoms with Crippen molar-refractivity contribution in [1.29, 1.82) is 0 Å². The molecule has 0 amide bonds. The smallest absolute Gasteiger partial charge is 0.201 e. The van der Waals surface area contributed by atoms with Gasteiger partial charge < -0.3 is 0 Å². The molecule has 0 spiro atoms. The third-order valence-electron chi connectivity index (χ3n) is 4.75. The molecule has 5 rings (SSSR count). The average Bonchev–Trinajstić information content (AvgIpc) is 3.24. The second-order valence-corrected chi connectivity index (χ2v) is 9.70. The van der Waals surface area contributed by atoms with E-state index in [-0.39, 0.29) is 0 Å². The first kappa shape index (κ1) is 18.7. The lowest BCUT2D eigenvalue weighted by Crippen LogP contribution is -1.83. The van der Waals surface area contributed by atoms with E-state index >= 15 is 0 Å². The number of hydrogen-bond donors (Lipinski definition) is 0. The van der Waals surface area contributed by atoms with E-state index in [9.17, 15) is 0 Å². The normalized spacial score (nSPS) is 11.3. The molecule has 0 saturated heterocycles. The number of nitrogens with zero attached hydrogens (tertiary/aromatic N) is 2. The van der Waals surface area contributed by atoms with Crippen LogP contribution in [0.15, 0.2) is 94.4 Å². The summed E-state index contributed by atoms with van der Waals surface area (Å²) in [6.45, 7) is 0. The highest BCUT2D eigenvalue weighted by Gasteiger charge is 2.07. The Kier molecular flexibility index (Phi) is 5.52. The number of benzene rings is 4. The molecule has 0 bridgehead atoms. The third-order valence-corrected chi connectivity index (χ3v) is 7.69. The molecular formula is C24H18N2S3. The second-order valence-electron chi connectivity index (χ2n) is 6.78. The quantitative estimate of drug-likeness (QED) is 0.262. The highest BCUT2D eigenvalue weighted by atomic mass is 32.2. The number of fused-ring (bicyclic) bond motifs is 2. The summed E-state index contributed by atoms with van der Waals surface area (Å²) in [6, 6.07) is 30.2. The summed E-state index contributed by atoms with van der Waals surface area (Å²) in [5.74, 6) is 1.80. The van der Waals surface area contributed by atoms with Gasteiger partial charge in [0.25, 0.3) is 0 Å². The van der Waals surface area contributed by atoms with Crippen molar-refractivity contribution in [3.8, 4) is 0 Å². The minimum atomic E-state index is 0.865. The third kappa shape index (κ3) is 4.47. The number of rotatable bonds is 6. The minimum Gasteiger partial charge on any atom is -0.203 e. The van der Waals surface area contributed by atoms with E-state index in [1.807, 2.05) is 0 Å². The Morgan fingerprint density at radius 2 is 1.17 bits per heavy atom. The predicted molar refractivity (Wildman–Crippen MR) is 127 cm³/mol. The summed E-state index contributed by atoms with van der Waals surface area (Å²) in [6.07, 6.45) is 0. The van der Waals surface area contributed by atoms with E-state index in [0.717, 1.165) is 21.0 Å². The van der Waals surface area contributed by atoms with Gasteiger partial charge in [-0.2, -0.15) is 4.37 Å². The fraction of sp³-hybridized carbons (Fsp3) is 0.0833. The van der Waals surface area contributed by atoms with E-state index in [4.69, 9.17) is 4.98 Å². The Balaban J connectivity index is 1.20. The summed E-state index contributed by atoms with van der Waals surface area (Å²) >= 11 is 4.95. The number of aromatic nitrogens is 2. The van der Waals surface area contributed by atoms with Gasteiger partial charge in [0.05, 0.1) is 0 Å². The van der Waals surface area contributed by atoms with Crippen molar-refractivity contribution < 1.29 is 0 Å². The van der Waals surface area contributed by atoms with Gasteiger partial charge in [-0.25, -0.2) is 4.98 Å². The van der Waals surface area contributed by atoms with Gasteiger partial charge in [0, 0.05) is 11.5 Å². The molecule has 0 aliphatic carbocycles. The standard InChI is InChI=1S/C24H18N2S3/c1-3-7-21-13-17(9-11-19(21)5-1)15-27-23-25-24(29-26-23)28-16-18-10-12-20-6-2-4-8-22(20)14-18/h1-14H,15-16H2. The lowest BCUT2D eigenvalue weighted by atomic mass is 10.1. The number of hydrogen-bond acceptors (Lipinski definition) is 5. The maximum absolute atomic E-state index is 4.70. The molecule has 0 aliphatic rings. The molecule has 0 saturated carbocycles. The Bertz CT molecular complexity index is 1180. The van der Waals surface area contributed by atoms with E-state index in [0.29, 0.717) is 0 Å². The lowest BCUT2D eigenvalue weighted by Gasteiger charge is -2.02. The summed E-state index contributed by atoms with van der Waals surface area (Å²) in [7, 11) is 0. The van der Waals surface area contributed by atoms with Crippen LogP contribution < -0.4 is 0 Å². The lowest BCUT2D eigenvalue weighted by molar-refractivity contribution is 1.02. The van der Waals surface area contributed by atoms with Gasteiger partial charge in [-0.15, -0.1) is 0 Å². The highest BCUT2D eigenvalue weighted by molar-refractivity contribution is 8.00. The molecule has 1 heterocycles. The summed E-state index contributed by atoms with van der Waals surface area (Å²) in [5.41, 5.74) is 2.61. The molecule has 1 aromatic heterocycles. The molecule has 0 fully saturated rings.